The number of anilines is 3. The quantitative estimate of drug-likeness (QED) is 0.306. The number of benzene rings is 3. The predicted octanol–water partition coefficient (Wildman–Crippen LogP) is 6.08. The van der Waals surface area contributed by atoms with Crippen LogP contribution in [-0.2, 0) is 0 Å². The highest BCUT2D eigenvalue weighted by Crippen LogP contribution is 2.19. The summed E-state index contributed by atoms with van der Waals surface area (Å²) >= 11 is 0. The van der Waals surface area contributed by atoms with Crippen LogP contribution in [0.4, 0.5) is 17.1 Å². The van der Waals surface area contributed by atoms with Gasteiger partial charge in [0.05, 0.1) is 5.56 Å². The van der Waals surface area contributed by atoms with Gasteiger partial charge in [-0.1, -0.05) is 49.7 Å². The van der Waals surface area contributed by atoms with Gasteiger partial charge in [0.15, 0.2) is 0 Å². The van der Waals surface area contributed by atoms with Crippen LogP contribution < -0.4 is 16.4 Å². The van der Waals surface area contributed by atoms with Crippen molar-refractivity contribution in [2.24, 2.45) is 0 Å². The Labute approximate surface area is 207 Å². The lowest BCUT2D eigenvalue weighted by molar-refractivity contribution is 0.101. The summed E-state index contributed by atoms with van der Waals surface area (Å²) in [7, 11) is 0. The van der Waals surface area contributed by atoms with Crippen LogP contribution in [-0.4, -0.2) is 11.8 Å². The highest BCUT2D eigenvalue weighted by atomic mass is 16.2. The summed E-state index contributed by atoms with van der Waals surface area (Å²) in [6.45, 7) is 4.15. The molecule has 3 rings (SSSR count). The molecule has 0 saturated heterocycles. The molecule has 0 aromatic heterocycles. The van der Waals surface area contributed by atoms with Gasteiger partial charge in [0.25, 0.3) is 11.8 Å². The molecule has 0 aliphatic heterocycles. The van der Waals surface area contributed by atoms with E-state index in [1.165, 1.54) is 6.07 Å². The van der Waals surface area contributed by atoms with Crippen LogP contribution in [0.1, 0.15) is 71.4 Å². The summed E-state index contributed by atoms with van der Waals surface area (Å²) in [6, 6.07) is 19.4. The van der Waals surface area contributed by atoms with Crippen LogP contribution in [0, 0.1) is 23.7 Å². The average molecular weight is 464 g/mol. The first kappa shape index (κ1) is 25.1. The van der Waals surface area contributed by atoms with Crippen molar-refractivity contribution in [2.75, 3.05) is 16.4 Å². The summed E-state index contributed by atoms with van der Waals surface area (Å²) in [4.78, 5) is 25.5. The van der Waals surface area contributed by atoms with Gasteiger partial charge in [-0.25, -0.2) is 0 Å². The Hall–Kier alpha value is -4.48. The number of nitrogen functional groups attached to an aromatic ring is 1. The number of unbranched alkanes of at least 4 members (excludes halogenated alkanes) is 2. The molecule has 0 fully saturated rings. The van der Waals surface area contributed by atoms with E-state index in [1.807, 2.05) is 36.4 Å². The predicted molar refractivity (Wildman–Crippen MR) is 143 cm³/mol. The van der Waals surface area contributed by atoms with Crippen molar-refractivity contribution in [1.82, 2.24) is 0 Å². The molecule has 3 aromatic carbocycles. The van der Waals surface area contributed by atoms with Gasteiger partial charge in [0.1, 0.15) is 0 Å². The summed E-state index contributed by atoms with van der Waals surface area (Å²) in [5.41, 5.74) is 9.92. The molecule has 4 N–H and O–H groups in total. The minimum absolute atomic E-state index is 0.216. The minimum atomic E-state index is -0.355. The van der Waals surface area contributed by atoms with Gasteiger partial charge in [0, 0.05) is 46.6 Å². The van der Waals surface area contributed by atoms with E-state index >= 15 is 0 Å². The SMILES string of the molecule is CCCC#Cc1cccc(NC(=O)c2ccc(C(=O)Nc3cccc(C#CCCC)c3)c(N)c2)c1. The van der Waals surface area contributed by atoms with Crippen LogP contribution in [0.15, 0.2) is 66.7 Å². The fourth-order valence-electron chi connectivity index (χ4n) is 3.24. The molecule has 0 aliphatic rings. The zero-order chi connectivity index (χ0) is 25.0. The number of carbonyl (C=O) groups is 2. The number of hydrogen-bond donors (Lipinski definition) is 3. The molecular weight excluding hydrogens is 434 g/mol. The average Bonchev–Trinajstić information content (AvgIpc) is 2.85. The van der Waals surface area contributed by atoms with E-state index in [0.717, 1.165) is 36.8 Å². The van der Waals surface area contributed by atoms with E-state index in [0.29, 0.717) is 16.9 Å². The summed E-state index contributed by atoms with van der Waals surface area (Å²) in [6.07, 6.45) is 3.65. The fourth-order valence-corrected chi connectivity index (χ4v) is 3.24. The topological polar surface area (TPSA) is 84.2 Å². The highest BCUT2D eigenvalue weighted by Gasteiger charge is 2.14. The molecule has 5 nitrogen and oxygen atoms in total. The van der Waals surface area contributed by atoms with E-state index in [4.69, 9.17) is 5.73 Å². The monoisotopic (exact) mass is 463 g/mol. The van der Waals surface area contributed by atoms with Gasteiger partial charge >= 0.3 is 0 Å². The van der Waals surface area contributed by atoms with Gasteiger partial charge in [-0.05, 0) is 67.4 Å². The first-order chi connectivity index (χ1) is 17.0. The number of nitrogens with two attached hydrogens (primary N) is 1. The van der Waals surface area contributed by atoms with Crippen LogP contribution in [0.3, 0.4) is 0 Å². The van der Waals surface area contributed by atoms with Crippen LogP contribution in [0.5, 0.6) is 0 Å². The maximum atomic E-state index is 12.8. The Kier molecular flexibility index (Phi) is 9.11. The zero-order valence-electron chi connectivity index (χ0n) is 20.1. The Bertz CT molecular complexity index is 1340. The van der Waals surface area contributed by atoms with Crippen molar-refractivity contribution in [1.29, 1.82) is 0 Å². The lowest BCUT2D eigenvalue weighted by atomic mass is 10.1. The highest BCUT2D eigenvalue weighted by molar-refractivity contribution is 6.10. The van der Waals surface area contributed by atoms with Gasteiger partial charge in [0.2, 0.25) is 0 Å². The van der Waals surface area contributed by atoms with Gasteiger partial charge in [-0.15, -0.1) is 0 Å². The normalized spacial score (nSPS) is 9.77. The summed E-state index contributed by atoms with van der Waals surface area (Å²) in [5.74, 6) is 11.7. The van der Waals surface area contributed by atoms with E-state index in [2.05, 4.69) is 48.2 Å². The fraction of sp³-hybridized carbons (Fsp3) is 0.200. The zero-order valence-corrected chi connectivity index (χ0v) is 20.1. The Morgan fingerprint density at radius 3 is 1.80 bits per heavy atom. The Morgan fingerprint density at radius 1 is 0.743 bits per heavy atom. The third-order valence-corrected chi connectivity index (χ3v) is 5.01. The molecule has 0 atom stereocenters. The molecular formula is C30H29N3O2. The molecule has 0 heterocycles. The van der Waals surface area contributed by atoms with Gasteiger partial charge < -0.3 is 16.4 Å². The second-order valence-electron chi connectivity index (χ2n) is 7.98. The molecule has 0 bridgehead atoms. The summed E-state index contributed by atoms with van der Waals surface area (Å²) in [5, 5.41) is 5.70. The van der Waals surface area contributed by atoms with E-state index in [9.17, 15) is 9.59 Å². The van der Waals surface area contributed by atoms with E-state index in [1.54, 1.807) is 24.3 Å². The molecule has 0 aliphatic carbocycles. The number of amides is 2. The number of hydrogen-bond acceptors (Lipinski definition) is 3. The van der Waals surface area contributed by atoms with E-state index < -0.39 is 0 Å². The molecule has 5 heteroatoms. The van der Waals surface area contributed by atoms with Crippen molar-refractivity contribution in [3.8, 4) is 23.7 Å². The molecule has 0 radical (unpaired) electrons. The molecule has 3 aromatic rings. The molecule has 0 spiro atoms. The molecule has 35 heavy (non-hydrogen) atoms. The lowest BCUT2D eigenvalue weighted by Gasteiger charge is -2.10. The molecule has 0 saturated carbocycles. The number of nitrogens with one attached hydrogen (secondary N) is 2. The maximum Gasteiger partial charge on any atom is 0.257 e. The molecule has 0 unspecified atom stereocenters. The first-order valence-electron chi connectivity index (χ1n) is 11.7. The van der Waals surface area contributed by atoms with Gasteiger partial charge in [-0.2, -0.15) is 0 Å². The molecule has 2 amide bonds. The van der Waals surface area contributed by atoms with E-state index in [-0.39, 0.29) is 23.1 Å². The Balaban J connectivity index is 1.69. The third kappa shape index (κ3) is 7.52. The lowest BCUT2D eigenvalue weighted by Crippen LogP contribution is -2.16. The largest absolute Gasteiger partial charge is 0.398 e. The standard InChI is InChI=1S/C30H29N3O2/c1-3-5-7-11-22-13-9-15-25(19-22)32-29(34)24-17-18-27(28(31)21-24)30(35)33-26-16-10-14-23(20-26)12-8-6-4-2/h9-10,13-21H,3-6,31H2,1-2H3,(H,32,34)(H,33,35). The second-order valence-corrected chi connectivity index (χ2v) is 7.98. The van der Waals surface area contributed by atoms with Crippen molar-refractivity contribution in [3.63, 3.8) is 0 Å². The van der Waals surface area contributed by atoms with Crippen LogP contribution in [0.25, 0.3) is 0 Å². The maximum absolute atomic E-state index is 12.8. The third-order valence-electron chi connectivity index (χ3n) is 5.01. The smallest absolute Gasteiger partial charge is 0.257 e. The second kappa shape index (κ2) is 12.7. The van der Waals surface area contributed by atoms with Gasteiger partial charge in [-0.3, -0.25) is 9.59 Å². The van der Waals surface area contributed by atoms with Crippen molar-refractivity contribution < 1.29 is 9.59 Å². The van der Waals surface area contributed by atoms with Crippen molar-refractivity contribution in [2.45, 2.75) is 39.5 Å². The number of carbonyl (C=O) groups excluding carboxylic acids is 2. The van der Waals surface area contributed by atoms with Crippen LogP contribution in [0.2, 0.25) is 0 Å². The summed E-state index contributed by atoms with van der Waals surface area (Å²) < 4.78 is 0. The Morgan fingerprint density at radius 2 is 1.29 bits per heavy atom. The molecule has 176 valence electrons. The minimum Gasteiger partial charge on any atom is -0.398 e. The van der Waals surface area contributed by atoms with Crippen LogP contribution >= 0.6 is 0 Å². The number of rotatable bonds is 6. The first-order valence-corrected chi connectivity index (χ1v) is 11.7. The van der Waals surface area contributed by atoms with Crippen molar-refractivity contribution in [3.05, 3.63) is 89.0 Å². The van der Waals surface area contributed by atoms with Crippen molar-refractivity contribution >= 4 is 28.9 Å².